The SMILES string of the molecule is CN1CCC(Nc2ncc(-c3cnn(C)c3)c3cccc(F)c23)CC1. The normalized spacial score (nSPS) is 16.4. The minimum atomic E-state index is -0.244. The fraction of sp³-hybridized carbons (Fsp3) is 0.368. The highest BCUT2D eigenvalue weighted by atomic mass is 19.1. The molecule has 130 valence electrons. The molecule has 1 aliphatic heterocycles. The van der Waals surface area contributed by atoms with E-state index in [2.05, 4.69) is 27.3 Å². The van der Waals surface area contributed by atoms with Gasteiger partial charge < -0.3 is 10.2 Å². The van der Waals surface area contributed by atoms with Crippen LogP contribution in [0.4, 0.5) is 10.2 Å². The van der Waals surface area contributed by atoms with Crippen molar-refractivity contribution < 1.29 is 4.39 Å². The van der Waals surface area contributed by atoms with E-state index in [0.29, 0.717) is 17.2 Å². The van der Waals surface area contributed by atoms with Crippen LogP contribution in [0.3, 0.4) is 0 Å². The lowest BCUT2D eigenvalue weighted by molar-refractivity contribution is 0.263. The van der Waals surface area contributed by atoms with Crippen LogP contribution >= 0.6 is 0 Å². The third-order valence-corrected chi connectivity index (χ3v) is 4.94. The quantitative estimate of drug-likeness (QED) is 0.795. The lowest BCUT2D eigenvalue weighted by atomic mass is 10.0. The highest BCUT2D eigenvalue weighted by molar-refractivity contribution is 6.02. The van der Waals surface area contributed by atoms with Crippen molar-refractivity contribution in [3.8, 4) is 11.1 Å². The van der Waals surface area contributed by atoms with Gasteiger partial charge in [0.2, 0.25) is 0 Å². The van der Waals surface area contributed by atoms with Gasteiger partial charge in [-0.05, 0) is 44.4 Å². The Labute approximate surface area is 146 Å². The number of piperidine rings is 1. The molecule has 6 heteroatoms. The molecule has 1 saturated heterocycles. The molecule has 0 bridgehead atoms. The Kier molecular flexibility index (Phi) is 4.13. The molecular weight excluding hydrogens is 317 g/mol. The van der Waals surface area contributed by atoms with Crippen molar-refractivity contribution >= 4 is 16.6 Å². The number of rotatable bonds is 3. The van der Waals surface area contributed by atoms with Gasteiger partial charge in [0.15, 0.2) is 0 Å². The van der Waals surface area contributed by atoms with Crippen LogP contribution in [0.5, 0.6) is 0 Å². The van der Waals surface area contributed by atoms with E-state index in [9.17, 15) is 4.39 Å². The summed E-state index contributed by atoms with van der Waals surface area (Å²) in [5, 5.41) is 9.11. The molecular formula is C19H22FN5. The topological polar surface area (TPSA) is 46.0 Å². The van der Waals surface area contributed by atoms with Gasteiger partial charge in [-0.25, -0.2) is 9.37 Å². The number of nitrogens with zero attached hydrogens (tertiary/aromatic N) is 4. The van der Waals surface area contributed by atoms with Crippen molar-refractivity contribution in [1.29, 1.82) is 0 Å². The maximum atomic E-state index is 14.7. The van der Waals surface area contributed by atoms with E-state index >= 15 is 0 Å². The standard InChI is InChI=1S/C19H22FN5/c1-24-8-6-14(7-9-24)23-19-18-15(4-3-5-17(18)20)16(11-21-19)13-10-22-25(2)12-13/h3-5,10-12,14H,6-9H2,1-2H3,(H,21,23). The summed E-state index contributed by atoms with van der Waals surface area (Å²) in [6, 6.07) is 5.52. The number of nitrogens with one attached hydrogen (secondary N) is 1. The van der Waals surface area contributed by atoms with Crippen LogP contribution in [0.2, 0.25) is 0 Å². The summed E-state index contributed by atoms with van der Waals surface area (Å²) >= 11 is 0. The van der Waals surface area contributed by atoms with Gasteiger partial charge in [0.25, 0.3) is 0 Å². The molecule has 1 aromatic carbocycles. The second-order valence-electron chi connectivity index (χ2n) is 6.81. The first kappa shape index (κ1) is 16.0. The molecule has 1 aliphatic rings. The molecule has 5 nitrogen and oxygen atoms in total. The molecule has 3 heterocycles. The summed E-state index contributed by atoms with van der Waals surface area (Å²) in [6.45, 7) is 2.09. The largest absolute Gasteiger partial charge is 0.367 e. The fourth-order valence-corrected chi connectivity index (χ4v) is 3.50. The van der Waals surface area contributed by atoms with Crippen molar-refractivity contribution in [2.75, 3.05) is 25.5 Å². The van der Waals surface area contributed by atoms with Crippen molar-refractivity contribution in [2.24, 2.45) is 7.05 Å². The minimum Gasteiger partial charge on any atom is -0.367 e. The summed E-state index contributed by atoms with van der Waals surface area (Å²) < 4.78 is 16.4. The molecule has 4 rings (SSSR count). The second-order valence-corrected chi connectivity index (χ2v) is 6.81. The number of pyridine rings is 1. The molecule has 3 aromatic rings. The Morgan fingerprint density at radius 1 is 1.16 bits per heavy atom. The van der Waals surface area contributed by atoms with E-state index in [1.807, 2.05) is 25.5 Å². The third kappa shape index (κ3) is 3.09. The van der Waals surface area contributed by atoms with E-state index in [1.165, 1.54) is 6.07 Å². The Bertz CT molecular complexity index is 896. The van der Waals surface area contributed by atoms with Crippen LogP contribution in [0.25, 0.3) is 21.9 Å². The Balaban J connectivity index is 1.76. The summed E-state index contributed by atoms with van der Waals surface area (Å²) in [4.78, 5) is 6.88. The van der Waals surface area contributed by atoms with Crippen molar-refractivity contribution in [2.45, 2.75) is 18.9 Å². The smallest absolute Gasteiger partial charge is 0.137 e. The predicted octanol–water partition coefficient (Wildman–Crippen LogP) is 3.28. The molecule has 1 N–H and O–H groups in total. The van der Waals surface area contributed by atoms with Crippen LogP contribution in [0, 0.1) is 5.82 Å². The second kappa shape index (κ2) is 6.44. The van der Waals surface area contributed by atoms with Crippen molar-refractivity contribution in [3.05, 3.63) is 42.6 Å². The van der Waals surface area contributed by atoms with Gasteiger partial charge in [-0.1, -0.05) is 12.1 Å². The van der Waals surface area contributed by atoms with Crippen LogP contribution < -0.4 is 5.32 Å². The van der Waals surface area contributed by atoms with E-state index in [0.717, 1.165) is 42.4 Å². The van der Waals surface area contributed by atoms with E-state index in [4.69, 9.17) is 0 Å². The summed E-state index contributed by atoms with van der Waals surface area (Å²) in [5.41, 5.74) is 1.84. The van der Waals surface area contributed by atoms with Gasteiger partial charge in [0, 0.05) is 36.6 Å². The molecule has 2 aromatic heterocycles. The number of benzene rings is 1. The number of anilines is 1. The lowest BCUT2D eigenvalue weighted by Crippen LogP contribution is -2.36. The van der Waals surface area contributed by atoms with E-state index in [1.54, 1.807) is 16.9 Å². The lowest BCUT2D eigenvalue weighted by Gasteiger charge is -2.30. The average Bonchev–Trinajstić information content (AvgIpc) is 3.03. The van der Waals surface area contributed by atoms with Crippen LogP contribution in [-0.2, 0) is 7.05 Å². The zero-order chi connectivity index (χ0) is 17.4. The van der Waals surface area contributed by atoms with Gasteiger partial charge in [0.1, 0.15) is 11.6 Å². The predicted molar refractivity (Wildman–Crippen MR) is 98.0 cm³/mol. The van der Waals surface area contributed by atoms with Gasteiger partial charge in [-0.15, -0.1) is 0 Å². The zero-order valence-corrected chi connectivity index (χ0v) is 14.5. The highest BCUT2D eigenvalue weighted by Gasteiger charge is 2.20. The number of aryl methyl sites for hydroxylation is 1. The summed E-state index contributed by atoms with van der Waals surface area (Å²) in [5.74, 6) is 0.390. The van der Waals surface area contributed by atoms with Gasteiger partial charge in [0.05, 0.1) is 11.6 Å². The molecule has 0 unspecified atom stereocenters. The van der Waals surface area contributed by atoms with E-state index < -0.39 is 0 Å². The van der Waals surface area contributed by atoms with Crippen molar-refractivity contribution in [1.82, 2.24) is 19.7 Å². The fourth-order valence-electron chi connectivity index (χ4n) is 3.50. The molecule has 0 saturated carbocycles. The molecule has 0 atom stereocenters. The minimum absolute atomic E-state index is 0.244. The number of fused-ring (bicyclic) bond motifs is 1. The number of halogens is 1. The number of aromatic nitrogens is 3. The maximum Gasteiger partial charge on any atom is 0.137 e. The molecule has 0 radical (unpaired) electrons. The Morgan fingerprint density at radius 3 is 2.68 bits per heavy atom. The highest BCUT2D eigenvalue weighted by Crippen LogP contribution is 2.33. The van der Waals surface area contributed by atoms with Crippen LogP contribution in [0.15, 0.2) is 36.8 Å². The molecule has 1 fully saturated rings. The van der Waals surface area contributed by atoms with Gasteiger partial charge in [-0.2, -0.15) is 5.10 Å². The monoisotopic (exact) mass is 339 g/mol. The molecule has 0 amide bonds. The zero-order valence-electron chi connectivity index (χ0n) is 14.5. The first-order valence-corrected chi connectivity index (χ1v) is 8.63. The van der Waals surface area contributed by atoms with Crippen LogP contribution in [0.1, 0.15) is 12.8 Å². The summed E-state index contributed by atoms with van der Waals surface area (Å²) in [7, 11) is 4.00. The van der Waals surface area contributed by atoms with Gasteiger partial charge >= 0.3 is 0 Å². The van der Waals surface area contributed by atoms with Crippen LogP contribution in [-0.4, -0.2) is 45.8 Å². The first-order valence-electron chi connectivity index (χ1n) is 8.63. The average molecular weight is 339 g/mol. The first-order chi connectivity index (χ1) is 12.1. The number of hydrogen-bond acceptors (Lipinski definition) is 4. The number of likely N-dealkylation sites (tertiary alicyclic amines) is 1. The van der Waals surface area contributed by atoms with Gasteiger partial charge in [-0.3, -0.25) is 4.68 Å². The molecule has 0 aliphatic carbocycles. The third-order valence-electron chi connectivity index (χ3n) is 4.94. The Hall–Kier alpha value is -2.47. The number of hydrogen-bond donors (Lipinski definition) is 1. The Morgan fingerprint density at radius 2 is 1.96 bits per heavy atom. The van der Waals surface area contributed by atoms with E-state index in [-0.39, 0.29) is 5.82 Å². The summed E-state index contributed by atoms with van der Waals surface area (Å²) in [6.07, 6.45) is 7.60. The van der Waals surface area contributed by atoms with Crippen molar-refractivity contribution in [3.63, 3.8) is 0 Å². The molecule has 25 heavy (non-hydrogen) atoms. The molecule has 0 spiro atoms. The maximum absolute atomic E-state index is 14.7.